The average Bonchev–Trinajstić information content (AvgIpc) is 2.96. The number of nitrogens with one attached hydrogen (secondary N) is 1. The number of carbonyl (C=O) groups excluding carboxylic acids is 1. The van der Waals surface area contributed by atoms with Crippen molar-refractivity contribution in [3.05, 3.63) is 51.7 Å². The van der Waals surface area contributed by atoms with Crippen LogP contribution in [0.2, 0.25) is 0 Å². The second-order valence-electron chi connectivity index (χ2n) is 5.34. The predicted molar refractivity (Wildman–Crippen MR) is 86.9 cm³/mol. The molecule has 0 aliphatic heterocycles. The molecule has 0 saturated carbocycles. The van der Waals surface area contributed by atoms with E-state index in [1.165, 1.54) is 0 Å². The van der Waals surface area contributed by atoms with Crippen LogP contribution in [0.5, 0.6) is 5.75 Å². The molecule has 1 N–H and O–H groups in total. The molecule has 0 spiro atoms. The minimum atomic E-state index is -0.0976. The highest BCUT2D eigenvalue weighted by Gasteiger charge is 2.10. The maximum Gasteiger partial charge on any atom is 0.258 e. The molecule has 1 heterocycles. The summed E-state index contributed by atoms with van der Waals surface area (Å²) in [6.45, 7) is 6.87. The lowest BCUT2D eigenvalue weighted by atomic mass is 10.0. The van der Waals surface area contributed by atoms with Gasteiger partial charge in [-0.1, -0.05) is 32.0 Å². The van der Waals surface area contributed by atoms with Gasteiger partial charge in [0, 0.05) is 4.88 Å². The van der Waals surface area contributed by atoms with Crippen LogP contribution in [0.3, 0.4) is 0 Å². The Bertz CT molecular complexity index is 591. The summed E-state index contributed by atoms with van der Waals surface area (Å²) in [6.07, 6.45) is 0. The lowest BCUT2D eigenvalue weighted by Crippen LogP contribution is -2.28. The summed E-state index contributed by atoms with van der Waals surface area (Å²) in [6, 6.07) is 10.1. The van der Waals surface area contributed by atoms with Crippen molar-refractivity contribution in [3.63, 3.8) is 0 Å². The Kier molecular flexibility index (Phi) is 5.39. The Morgan fingerprint density at radius 3 is 2.81 bits per heavy atom. The molecule has 0 aliphatic carbocycles. The minimum absolute atomic E-state index is 0.0501. The van der Waals surface area contributed by atoms with Crippen molar-refractivity contribution in [1.82, 2.24) is 5.32 Å². The van der Waals surface area contributed by atoms with Crippen LogP contribution >= 0.6 is 11.3 Å². The summed E-state index contributed by atoms with van der Waals surface area (Å²) in [5.74, 6) is 1.07. The van der Waals surface area contributed by atoms with Gasteiger partial charge in [0.05, 0.1) is 6.54 Å². The fourth-order valence-corrected chi connectivity index (χ4v) is 2.68. The van der Waals surface area contributed by atoms with E-state index in [0.717, 1.165) is 21.8 Å². The molecule has 2 rings (SSSR count). The first-order chi connectivity index (χ1) is 10.1. The summed E-state index contributed by atoms with van der Waals surface area (Å²) in [5.41, 5.74) is 2.26. The Morgan fingerprint density at radius 1 is 1.33 bits per heavy atom. The van der Waals surface area contributed by atoms with Gasteiger partial charge in [0.15, 0.2) is 6.61 Å². The van der Waals surface area contributed by atoms with Gasteiger partial charge in [-0.15, -0.1) is 11.3 Å². The highest BCUT2D eigenvalue weighted by Crippen LogP contribution is 2.27. The summed E-state index contributed by atoms with van der Waals surface area (Å²) >= 11 is 1.63. The molecule has 0 bridgehead atoms. The number of hydrogen-bond donors (Lipinski definition) is 1. The fourth-order valence-electron chi connectivity index (χ4n) is 2.04. The largest absolute Gasteiger partial charge is 0.483 e. The molecule has 0 atom stereocenters. The van der Waals surface area contributed by atoms with Crippen LogP contribution in [-0.2, 0) is 11.3 Å². The van der Waals surface area contributed by atoms with E-state index < -0.39 is 0 Å². The number of aryl methyl sites for hydroxylation is 1. The molecule has 0 radical (unpaired) electrons. The van der Waals surface area contributed by atoms with Crippen molar-refractivity contribution >= 4 is 17.2 Å². The molecule has 1 amide bonds. The Labute approximate surface area is 130 Å². The molecular formula is C17H21NO2S. The van der Waals surface area contributed by atoms with Crippen molar-refractivity contribution in [2.24, 2.45) is 0 Å². The molecule has 4 heteroatoms. The molecule has 0 aliphatic rings. The number of thiophene rings is 1. The van der Waals surface area contributed by atoms with Gasteiger partial charge < -0.3 is 10.1 Å². The van der Waals surface area contributed by atoms with Gasteiger partial charge >= 0.3 is 0 Å². The van der Waals surface area contributed by atoms with Crippen molar-refractivity contribution < 1.29 is 9.53 Å². The van der Waals surface area contributed by atoms with Crippen LogP contribution in [0.4, 0.5) is 0 Å². The van der Waals surface area contributed by atoms with Crippen LogP contribution in [0.25, 0.3) is 0 Å². The maximum atomic E-state index is 11.8. The summed E-state index contributed by atoms with van der Waals surface area (Å²) in [4.78, 5) is 13.0. The summed E-state index contributed by atoms with van der Waals surface area (Å²) in [5, 5.41) is 4.86. The van der Waals surface area contributed by atoms with Gasteiger partial charge in [-0.05, 0) is 41.5 Å². The molecule has 3 nitrogen and oxygen atoms in total. The van der Waals surface area contributed by atoms with Gasteiger partial charge in [0.25, 0.3) is 5.91 Å². The highest BCUT2D eigenvalue weighted by atomic mass is 32.1. The number of benzene rings is 1. The van der Waals surface area contributed by atoms with Crippen molar-refractivity contribution in [1.29, 1.82) is 0 Å². The van der Waals surface area contributed by atoms with Gasteiger partial charge in [-0.3, -0.25) is 4.79 Å². The second-order valence-corrected chi connectivity index (χ2v) is 6.37. The highest BCUT2D eigenvalue weighted by molar-refractivity contribution is 7.09. The Balaban J connectivity index is 1.90. The average molecular weight is 303 g/mol. The smallest absolute Gasteiger partial charge is 0.258 e. The van der Waals surface area contributed by atoms with E-state index in [2.05, 4.69) is 31.3 Å². The van der Waals surface area contributed by atoms with E-state index in [9.17, 15) is 4.79 Å². The molecule has 112 valence electrons. The zero-order valence-corrected chi connectivity index (χ0v) is 13.5. The number of hydrogen-bond acceptors (Lipinski definition) is 3. The quantitative estimate of drug-likeness (QED) is 0.879. The first-order valence-electron chi connectivity index (χ1n) is 7.08. The minimum Gasteiger partial charge on any atom is -0.483 e. The van der Waals surface area contributed by atoms with E-state index in [4.69, 9.17) is 4.74 Å². The zero-order valence-electron chi connectivity index (χ0n) is 12.7. The van der Waals surface area contributed by atoms with Gasteiger partial charge in [0.1, 0.15) is 5.75 Å². The van der Waals surface area contributed by atoms with Crippen LogP contribution in [0, 0.1) is 6.92 Å². The first kappa shape index (κ1) is 15.6. The topological polar surface area (TPSA) is 38.3 Å². The lowest BCUT2D eigenvalue weighted by Gasteiger charge is -2.14. The van der Waals surface area contributed by atoms with Gasteiger partial charge in [0.2, 0.25) is 0 Å². The molecule has 21 heavy (non-hydrogen) atoms. The van der Waals surface area contributed by atoms with Gasteiger partial charge in [-0.25, -0.2) is 0 Å². The number of ether oxygens (including phenoxy) is 1. The second kappa shape index (κ2) is 7.27. The molecular weight excluding hydrogens is 282 g/mol. The monoisotopic (exact) mass is 303 g/mol. The van der Waals surface area contributed by atoms with Crippen LogP contribution < -0.4 is 10.1 Å². The van der Waals surface area contributed by atoms with E-state index in [1.807, 2.05) is 30.5 Å². The van der Waals surface area contributed by atoms with Gasteiger partial charge in [-0.2, -0.15) is 0 Å². The SMILES string of the molecule is Cc1ccc(C(C)C)c(OCC(=O)NCc2cccs2)c1. The molecule has 0 saturated heterocycles. The number of amides is 1. The van der Waals surface area contributed by atoms with E-state index in [0.29, 0.717) is 12.5 Å². The van der Waals surface area contributed by atoms with Crippen molar-refractivity contribution in [3.8, 4) is 5.75 Å². The van der Waals surface area contributed by atoms with Crippen LogP contribution in [-0.4, -0.2) is 12.5 Å². The predicted octanol–water partition coefficient (Wildman–Crippen LogP) is 3.88. The Hall–Kier alpha value is -1.81. The van der Waals surface area contributed by atoms with Crippen LogP contribution in [0.1, 0.15) is 35.8 Å². The Morgan fingerprint density at radius 2 is 2.14 bits per heavy atom. The number of carbonyl (C=O) groups is 1. The normalized spacial score (nSPS) is 10.7. The van der Waals surface area contributed by atoms with Crippen molar-refractivity contribution in [2.45, 2.75) is 33.2 Å². The lowest BCUT2D eigenvalue weighted by molar-refractivity contribution is -0.123. The first-order valence-corrected chi connectivity index (χ1v) is 7.96. The molecule has 1 aromatic carbocycles. The fraction of sp³-hybridized carbons (Fsp3) is 0.353. The molecule has 0 fully saturated rings. The maximum absolute atomic E-state index is 11.8. The van der Waals surface area contributed by atoms with E-state index in [1.54, 1.807) is 11.3 Å². The third kappa shape index (κ3) is 4.60. The van der Waals surface area contributed by atoms with E-state index >= 15 is 0 Å². The van der Waals surface area contributed by atoms with Crippen LogP contribution in [0.15, 0.2) is 35.7 Å². The summed E-state index contributed by atoms with van der Waals surface area (Å²) in [7, 11) is 0. The third-order valence-electron chi connectivity index (χ3n) is 3.19. The van der Waals surface area contributed by atoms with Crippen molar-refractivity contribution in [2.75, 3.05) is 6.61 Å². The summed E-state index contributed by atoms with van der Waals surface area (Å²) < 4.78 is 5.70. The zero-order chi connectivity index (χ0) is 15.2. The van der Waals surface area contributed by atoms with E-state index in [-0.39, 0.29) is 12.5 Å². The molecule has 0 unspecified atom stereocenters. The standard InChI is InChI=1S/C17H21NO2S/c1-12(2)15-7-6-13(3)9-16(15)20-11-17(19)18-10-14-5-4-8-21-14/h4-9,12H,10-11H2,1-3H3,(H,18,19). The molecule has 1 aromatic heterocycles. The number of rotatable bonds is 6. The third-order valence-corrected chi connectivity index (χ3v) is 4.07. The molecule has 2 aromatic rings.